The lowest BCUT2D eigenvalue weighted by molar-refractivity contribution is 0.285. The summed E-state index contributed by atoms with van der Waals surface area (Å²) < 4.78 is 42.0. The van der Waals surface area contributed by atoms with E-state index in [0.717, 1.165) is 12.8 Å². The van der Waals surface area contributed by atoms with Gasteiger partial charge in [0.2, 0.25) is 0 Å². The first-order valence-electron chi connectivity index (χ1n) is 7.14. The summed E-state index contributed by atoms with van der Waals surface area (Å²) in [5.41, 5.74) is 6.44. The van der Waals surface area contributed by atoms with E-state index in [9.17, 15) is 12.8 Å². The maximum absolute atomic E-state index is 13.8. The van der Waals surface area contributed by atoms with Crippen molar-refractivity contribution in [3.63, 3.8) is 0 Å². The summed E-state index contributed by atoms with van der Waals surface area (Å²) in [5.74, 6) is 0.116. The smallest absolute Gasteiger partial charge is 0.279 e. The van der Waals surface area contributed by atoms with Crippen molar-refractivity contribution in [3.05, 3.63) is 35.1 Å². The fourth-order valence-electron chi connectivity index (χ4n) is 2.35. The summed E-state index contributed by atoms with van der Waals surface area (Å²) in [6, 6.07) is 4.61. The second-order valence-corrected chi connectivity index (χ2v) is 7.29. The van der Waals surface area contributed by atoms with Gasteiger partial charge in [0.05, 0.1) is 0 Å². The van der Waals surface area contributed by atoms with Crippen molar-refractivity contribution >= 4 is 10.2 Å². The monoisotopic (exact) mass is 315 g/mol. The van der Waals surface area contributed by atoms with Gasteiger partial charge in [0.15, 0.2) is 0 Å². The van der Waals surface area contributed by atoms with E-state index >= 15 is 0 Å². The summed E-state index contributed by atoms with van der Waals surface area (Å²) in [5, 5.41) is 0. The Bertz CT molecular complexity index is 584. The first-order chi connectivity index (χ1) is 9.92. The van der Waals surface area contributed by atoms with Crippen LogP contribution in [0.1, 0.15) is 30.9 Å². The highest BCUT2D eigenvalue weighted by Gasteiger charge is 2.26. The van der Waals surface area contributed by atoms with Crippen LogP contribution >= 0.6 is 0 Å². The Morgan fingerprint density at radius 2 is 2.05 bits per heavy atom. The molecule has 0 bridgehead atoms. The molecule has 0 spiro atoms. The van der Waals surface area contributed by atoms with Crippen molar-refractivity contribution in [2.45, 2.75) is 32.9 Å². The minimum atomic E-state index is -3.55. The highest BCUT2D eigenvalue weighted by atomic mass is 32.2. The number of halogens is 1. The lowest BCUT2D eigenvalue weighted by Crippen LogP contribution is -2.44. The van der Waals surface area contributed by atoms with Crippen LogP contribution in [0.3, 0.4) is 0 Å². The van der Waals surface area contributed by atoms with Crippen LogP contribution in [0.15, 0.2) is 18.2 Å². The van der Waals surface area contributed by atoms with Gasteiger partial charge in [-0.25, -0.2) is 4.39 Å². The van der Waals surface area contributed by atoms with Crippen LogP contribution in [0.2, 0.25) is 0 Å². The molecule has 1 aromatic rings. The molecular weight excluding hydrogens is 293 g/mol. The van der Waals surface area contributed by atoms with Crippen LogP contribution in [0.4, 0.5) is 4.39 Å². The normalized spacial score (nSPS) is 18.0. The predicted molar refractivity (Wildman–Crippen MR) is 80.0 cm³/mol. The summed E-state index contributed by atoms with van der Waals surface area (Å²) >= 11 is 0. The van der Waals surface area contributed by atoms with Crippen molar-refractivity contribution < 1.29 is 12.8 Å². The lowest BCUT2D eigenvalue weighted by Gasteiger charge is -2.29. The summed E-state index contributed by atoms with van der Waals surface area (Å²) in [7, 11) is -3.55. The first kappa shape index (κ1) is 16.4. The Morgan fingerprint density at radius 3 is 2.62 bits per heavy atom. The molecule has 1 aliphatic rings. The molecule has 0 aromatic heterocycles. The third kappa shape index (κ3) is 4.23. The number of benzene rings is 1. The molecule has 0 atom stereocenters. The van der Waals surface area contributed by atoms with Gasteiger partial charge in [-0.05, 0) is 30.4 Å². The Labute approximate surface area is 125 Å². The van der Waals surface area contributed by atoms with Gasteiger partial charge in [0.25, 0.3) is 10.2 Å². The number of hydrogen-bond acceptors (Lipinski definition) is 3. The van der Waals surface area contributed by atoms with E-state index in [-0.39, 0.29) is 13.1 Å². The molecule has 0 saturated carbocycles. The Kier molecular flexibility index (Phi) is 5.32. The van der Waals surface area contributed by atoms with E-state index < -0.39 is 16.0 Å². The molecule has 0 unspecified atom stereocenters. The largest absolute Gasteiger partial charge is 0.326 e. The zero-order chi connectivity index (χ0) is 15.5. The third-order valence-electron chi connectivity index (χ3n) is 3.88. The topological polar surface area (TPSA) is 75.4 Å². The fraction of sp³-hybridized carbons (Fsp3) is 0.571. The summed E-state index contributed by atoms with van der Waals surface area (Å²) in [4.78, 5) is 0. The van der Waals surface area contributed by atoms with Gasteiger partial charge in [0.1, 0.15) is 5.82 Å². The Morgan fingerprint density at radius 1 is 1.38 bits per heavy atom. The zero-order valence-corrected chi connectivity index (χ0v) is 13.0. The quantitative estimate of drug-likeness (QED) is 0.861. The maximum Gasteiger partial charge on any atom is 0.279 e. The van der Waals surface area contributed by atoms with Gasteiger partial charge in [-0.15, -0.1) is 0 Å². The summed E-state index contributed by atoms with van der Waals surface area (Å²) in [6.07, 6.45) is 1.72. The standard InChI is InChI=1S/C14H22FN3O2S/c1-11-4-6-18(7-5-11)21(19,20)17-10-13-3-2-12(9-16)8-14(13)15/h2-3,8,11,17H,4-7,9-10,16H2,1H3. The highest BCUT2D eigenvalue weighted by molar-refractivity contribution is 7.87. The molecule has 21 heavy (non-hydrogen) atoms. The van der Waals surface area contributed by atoms with Crippen LogP contribution < -0.4 is 10.5 Å². The molecule has 1 saturated heterocycles. The van der Waals surface area contributed by atoms with Crippen molar-refractivity contribution in [1.29, 1.82) is 0 Å². The van der Waals surface area contributed by atoms with Crippen LogP contribution in [0.5, 0.6) is 0 Å². The van der Waals surface area contributed by atoms with E-state index in [2.05, 4.69) is 11.6 Å². The van der Waals surface area contributed by atoms with E-state index in [1.54, 1.807) is 12.1 Å². The fourth-order valence-corrected chi connectivity index (χ4v) is 3.56. The maximum atomic E-state index is 13.8. The molecule has 1 heterocycles. The zero-order valence-electron chi connectivity index (χ0n) is 12.2. The Balaban J connectivity index is 1.98. The van der Waals surface area contributed by atoms with Gasteiger partial charge >= 0.3 is 0 Å². The SMILES string of the molecule is CC1CCN(S(=O)(=O)NCc2ccc(CN)cc2F)CC1. The van der Waals surface area contributed by atoms with Gasteiger partial charge in [-0.3, -0.25) is 0 Å². The molecular formula is C14H22FN3O2S. The number of rotatable bonds is 5. The molecule has 1 aromatic carbocycles. The van der Waals surface area contributed by atoms with Crippen molar-refractivity contribution in [2.24, 2.45) is 11.7 Å². The second kappa shape index (κ2) is 6.83. The van der Waals surface area contributed by atoms with Crippen LogP contribution in [0, 0.1) is 11.7 Å². The summed E-state index contributed by atoms with van der Waals surface area (Å²) in [6.45, 7) is 3.36. The van der Waals surface area contributed by atoms with Gasteiger partial charge in [0, 0.05) is 31.7 Å². The third-order valence-corrected chi connectivity index (χ3v) is 5.43. The average Bonchev–Trinajstić information content (AvgIpc) is 2.46. The van der Waals surface area contributed by atoms with Crippen LogP contribution in [-0.4, -0.2) is 25.8 Å². The molecule has 3 N–H and O–H groups in total. The Hall–Kier alpha value is -1.02. The van der Waals surface area contributed by atoms with Crippen molar-refractivity contribution in [1.82, 2.24) is 9.03 Å². The van der Waals surface area contributed by atoms with Crippen LogP contribution in [-0.2, 0) is 23.3 Å². The molecule has 5 nitrogen and oxygen atoms in total. The number of nitrogens with zero attached hydrogens (tertiary/aromatic N) is 1. The first-order valence-corrected chi connectivity index (χ1v) is 8.58. The number of nitrogens with two attached hydrogens (primary N) is 1. The van der Waals surface area contributed by atoms with Gasteiger partial charge in [-0.1, -0.05) is 19.1 Å². The minimum Gasteiger partial charge on any atom is -0.326 e. The van der Waals surface area contributed by atoms with Gasteiger partial charge in [-0.2, -0.15) is 17.4 Å². The molecule has 0 radical (unpaired) electrons. The van der Waals surface area contributed by atoms with Crippen LogP contribution in [0.25, 0.3) is 0 Å². The molecule has 1 fully saturated rings. The van der Waals surface area contributed by atoms with Gasteiger partial charge < -0.3 is 5.73 Å². The number of hydrogen-bond donors (Lipinski definition) is 2. The van der Waals surface area contributed by atoms with E-state index in [1.165, 1.54) is 10.4 Å². The van der Waals surface area contributed by atoms with E-state index in [1.807, 2.05) is 0 Å². The molecule has 0 amide bonds. The second-order valence-electron chi connectivity index (χ2n) is 5.54. The van der Waals surface area contributed by atoms with Crippen molar-refractivity contribution in [2.75, 3.05) is 13.1 Å². The minimum absolute atomic E-state index is 0.0505. The van der Waals surface area contributed by atoms with E-state index in [4.69, 9.17) is 5.73 Å². The van der Waals surface area contributed by atoms with Crippen molar-refractivity contribution in [3.8, 4) is 0 Å². The molecule has 1 aliphatic heterocycles. The lowest BCUT2D eigenvalue weighted by atomic mass is 10.0. The average molecular weight is 315 g/mol. The number of nitrogens with one attached hydrogen (secondary N) is 1. The van der Waals surface area contributed by atoms with E-state index in [0.29, 0.717) is 30.1 Å². The molecule has 2 rings (SSSR count). The highest BCUT2D eigenvalue weighted by Crippen LogP contribution is 2.18. The molecule has 0 aliphatic carbocycles. The molecule has 118 valence electrons. The number of piperidine rings is 1. The predicted octanol–water partition coefficient (Wildman–Crippen LogP) is 1.35. The molecule has 7 heteroatoms.